The quantitative estimate of drug-likeness (QED) is 0.490. The molecule has 2 heteroatoms. The molecule has 0 saturated heterocycles. The first-order valence-electron chi connectivity index (χ1n) is 8.80. The highest BCUT2D eigenvalue weighted by molar-refractivity contribution is 6.26. The van der Waals surface area contributed by atoms with Crippen LogP contribution in [-0.2, 0) is 11.3 Å². The summed E-state index contributed by atoms with van der Waals surface area (Å²) >= 11 is 0. The topological polar surface area (TPSA) is 29.1 Å². The Balaban J connectivity index is 2.08. The molecule has 0 amide bonds. The van der Waals surface area contributed by atoms with Gasteiger partial charge < -0.3 is 5.32 Å². The van der Waals surface area contributed by atoms with Crippen molar-refractivity contribution in [3.8, 4) is 0 Å². The molecular weight excluding hydrogens is 318 g/mol. The molecule has 0 saturated carbocycles. The van der Waals surface area contributed by atoms with Crippen LogP contribution in [-0.4, -0.2) is 5.78 Å². The van der Waals surface area contributed by atoms with E-state index in [1.807, 2.05) is 48.5 Å². The standard InChI is InChI=1S/C24H23NO/c1-18-13-15-22(16-14-18)24(25-17-20-9-5-3-6-10-20)23(19(2)26)21-11-7-4-8-12-21/h3-16,25H,17H2,1-2H3/b24-23-. The second kappa shape index (κ2) is 8.30. The fourth-order valence-corrected chi connectivity index (χ4v) is 2.97. The summed E-state index contributed by atoms with van der Waals surface area (Å²) in [6, 6.07) is 28.3. The SMILES string of the molecule is CC(=O)/C(=C(/NCc1ccccc1)c1ccc(C)cc1)c1ccccc1. The fraction of sp³-hybridized carbons (Fsp3) is 0.125. The number of benzene rings is 3. The van der Waals surface area contributed by atoms with E-state index in [9.17, 15) is 4.79 Å². The van der Waals surface area contributed by atoms with Gasteiger partial charge in [-0.25, -0.2) is 0 Å². The van der Waals surface area contributed by atoms with Gasteiger partial charge in [0, 0.05) is 12.1 Å². The molecule has 0 fully saturated rings. The van der Waals surface area contributed by atoms with Crippen LogP contribution < -0.4 is 5.32 Å². The number of allylic oxidation sites excluding steroid dienone is 1. The maximum absolute atomic E-state index is 12.5. The van der Waals surface area contributed by atoms with Gasteiger partial charge in [-0.3, -0.25) is 4.79 Å². The maximum Gasteiger partial charge on any atom is 0.162 e. The van der Waals surface area contributed by atoms with Crippen molar-refractivity contribution >= 4 is 17.1 Å². The molecule has 3 rings (SSSR count). The number of Topliss-reactive ketones (excluding diaryl/α,β-unsaturated/α-hetero) is 1. The van der Waals surface area contributed by atoms with Crippen LogP contribution in [0.25, 0.3) is 11.3 Å². The summed E-state index contributed by atoms with van der Waals surface area (Å²) < 4.78 is 0. The Labute approximate surface area is 155 Å². The smallest absolute Gasteiger partial charge is 0.162 e. The van der Waals surface area contributed by atoms with Crippen molar-refractivity contribution < 1.29 is 4.79 Å². The average Bonchev–Trinajstić information content (AvgIpc) is 2.67. The van der Waals surface area contributed by atoms with Crippen molar-refractivity contribution in [3.05, 3.63) is 107 Å². The number of hydrogen-bond donors (Lipinski definition) is 1. The van der Waals surface area contributed by atoms with Gasteiger partial charge >= 0.3 is 0 Å². The molecule has 26 heavy (non-hydrogen) atoms. The lowest BCUT2D eigenvalue weighted by atomic mass is 9.96. The lowest BCUT2D eigenvalue weighted by molar-refractivity contribution is -0.111. The molecule has 0 radical (unpaired) electrons. The van der Waals surface area contributed by atoms with Crippen molar-refractivity contribution in [2.75, 3.05) is 0 Å². The summed E-state index contributed by atoms with van der Waals surface area (Å²) in [7, 11) is 0. The second-order valence-electron chi connectivity index (χ2n) is 6.38. The molecule has 2 nitrogen and oxygen atoms in total. The monoisotopic (exact) mass is 341 g/mol. The first-order valence-corrected chi connectivity index (χ1v) is 8.80. The van der Waals surface area contributed by atoms with Gasteiger partial charge in [0.05, 0.1) is 5.70 Å². The Morgan fingerprint density at radius 3 is 1.92 bits per heavy atom. The number of hydrogen-bond acceptors (Lipinski definition) is 2. The van der Waals surface area contributed by atoms with Crippen molar-refractivity contribution in [1.29, 1.82) is 0 Å². The predicted octanol–water partition coefficient (Wildman–Crippen LogP) is 5.24. The largest absolute Gasteiger partial charge is 0.380 e. The molecular formula is C24H23NO. The van der Waals surface area contributed by atoms with E-state index in [4.69, 9.17) is 0 Å². The normalized spacial score (nSPS) is 11.6. The minimum Gasteiger partial charge on any atom is -0.380 e. The van der Waals surface area contributed by atoms with E-state index in [1.165, 1.54) is 11.1 Å². The summed E-state index contributed by atoms with van der Waals surface area (Å²) in [6.07, 6.45) is 0. The minimum atomic E-state index is 0.0485. The molecule has 3 aromatic rings. The molecule has 0 bridgehead atoms. The molecule has 0 spiro atoms. The molecule has 0 heterocycles. The third kappa shape index (κ3) is 4.28. The Morgan fingerprint density at radius 2 is 1.35 bits per heavy atom. The van der Waals surface area contributed by atoms with Crippen LogP contribution in [0, 0.1) is 6.92 Å². The molecule has 0 aliphatic heterocycles. The lowest BCUT2D eigenvalue weighted by Gasteiger charge is -2.17. The van der Waals surface area contributed by atoms with Crippen LogP contribution in [0.3, 0.4) is 0 Å². The highest BCUT2D eigenvalue weighted by atomic mass is 16.1. The van der Waals surface area contributed by atoms with Gasteiger partial charge in [-0.15, -0.1) is 0 Å². The maximum atomic E-state index is 12.5. The minimum absolute atomic E-state index is 0.0485. The van der Waals surface area contributed by atoms with Gasteiger partial charge in [-0.05, 0) is 30.5 Å². The van der Waals surface area contributed by atoms with Gasteiger partial charge in [0.2, 0.25) is 0 Å². The molecule has 130 valence electrons. The second-order valence-corrected chi connectivity index (χ2v) is 6.38. The number of nitrogens with one attached hydrogen (secondary N) is 1. The summed E-state index contributed by atoms with van der Waals surface area (Å²) in [6.45, 7) is 4.35. The fourth-order valence-electron chi connectivity index (χ4n) is 2.97. The molecule has 0 atom stereocenters. The van der Waals surface area contributed by atoms with E-state index >= 15 is 0 Å². The first kappa shape index (κ1) is 17.7. The van der Waals surface area contributed by atoms with Crippen LogP contribution in [0.15, 0.2) is 84.9 Å². The van der Waals surface area contributed by atoms with E-state index in [-0.39, 0.29) is 5.78 Å². The average molecular weight is 341 g/mol. The lowest BCUT2D eigenvalue weighted by Crippen LogP contribution is -2.16. The Morgan fingerprint density at radius 1 is 0.769 bits per heavy atom. The molecule has 3 aromatic carbocycles. The molecule has 0 aliphatic rings. The van der Waals surface area contributed by atoms with Gasteiger partial charge in [-0.2, -0.15) is 0 Å². The molecule has 0 aromatic heterocycles. The molecule has 0 aliphatic carbocycles. The van der Waals surface area contributed by atoms with Crippen LogP contribution in [0.4, 0.5) is 0 Å². The van der Waals surface area contributed by atoms with E-state index in [1.54, 1.807) is 6.92 Å². The zero-order valence-electron chi connectivity index (χ0n) is 15.2. The number of ketones is 1. The predicted molar refractivity (Wildman–Crippen MR) is 108 cm³/mol. The number of rotatable bonds is 6. The van der Waals surface area contributed by atoms with Crippen molar-refractivity contribution in [2.24, 2.45) is 0 Å². The highest BCUT2D eigenvalue weighted by Crippen LogP contribution is 2.26. The van der Waals surface area contributed by atoms with Crippen molar-refractivity contribution in [2.45, 2.75) is 20.4 Å². The number of carbonyl (C=O) groups excluding carboxylic acids is 1. The van der Waals surface area contributed by atoms with Crippen LogP contribution in [0.2, 0.25) is 0 Å². The van der Waals surface area contributed by atoms with Crippen molar-refractivity contribution in [1.82, 2.24) is 5.32 Å². The van der Waals surface area contributed by atoms with Gasteiger partial charge in [0.1, 0.15) is 0 Å². The van der Waals surface area contributed by atoms with E-state index < -0.39 is 0 Å². The van der Waals surface area contributed by atoms with Crippen LogP contribution in [0.5, 0.6) is 0 Å². The Hall–Kier alpha value is -3.13. The van der Waals surface area contributed by atoms with E-state index in [0.29, 0.717) is 12.1 Å². The number of aryl methyl sites for hydroxylation is 1. The Kier molecular flexibility index (Phi) is 5.65. The van der Waals surface area contributed by atoms with Gasteiger partial charge in [-0.1, -0.05) is 90.5 Å². The van der Waals surface area contributed by atoms with Gasteiger partial charge in [0.25, 0.3) is 0 Å². The summed E-state index contributed by atoms with van der Waals surface area (Å²) in [5.41, 5.74) is 5.89. The van der Waals surface area contributed by atoms with Crippen molar-refractivity contribution in [3.63, 3.8) is 0 Å². The Bertz CT molecular complexity index is 894. The summed E-state index contributed by atoms with van der Waals surface area (Å²) in [4.78, 5) is 12.5. The molecule has 0 unspecified atom stereocenters. The van der Waals surface area contributed by atoms with E-state index in [2.05, 4.69) is 48.6 Å². The summed E-state index contributed by atoms with van der Waals surface area (Å²) in [5.74, 6) is 0.0485. The van der Waals surface area contributed by atoms with Crippen LogP contribution in [0.1, 0.15) is 29.2 Å². The third-order valence-electron chi connectivity index (χ3n) is 4.32. The zero-order chi connectivity index (χ0) is 18.4. The number of carbonyl (C=O) groups is 1. The van der Waals surface area contributed by atoms with Gasteiger partial charge in [0.15, 0.2) is 5.78 Å². The third-order valence-corrected chi connectivity index (χ3v) is 4.32. The van der Waals surface area contributed by atoms with Crippen LogP contribution >= 0.6 is 0 Å². The van der Waals surface area contributed by atoms with E-state index in [0.717, 1.165) is 16.8 Å². The highest BCUT2D eigenvalue weighted by Gasteiger charge is 2.15. The first-order chi connectivity index (χ1) is 12.6. The summed E-state index contributed by atoms with van der Waals surface area (Å²) in [5, 5.41) is 3.51. The molecule has 1 N–H and O–H groups in total. The zero-order valence-corrected chi connectivity index (χ0v) is 15.2.